The number of aromatic hydroxyl groups is 1. The van der Waals surface area contributed by atoms with Gasteiger partial charge >= 0.3 is 5.97 Å². The average Bonchev–Trinajstić information content (AvgIpc) is 3.52. The minimum Gasteiger partial charge on any atom is -0.493 e. The fourth-order valence-electron chi connectivity index (χ4n) is 4.36. The van der Waals surface area contributed by atoms with Crippen molar-refractivity contribution in [2.45, 2.75) is 66.0 Å². The zero-order valence-corrected chi connectivity index (χ0v) is 24.5. The van der Waals surface area contributed by atoms with Crippen molar-refractivity contribution in [3.63, 3.8) is 0 Å². The highest BCUT2D eigenvalue weighted by Gasteiger charge is 2.24. The Morgan fingerprint density at radius 3 is 2.66 bits per heavy atom. The monoisotopic (exact) mass is 583 g/mol. The van der Waals surface area contributed by atoms with Crippen molar-refractivity contribution in [2.75, 3.05) is 7.05 Å². The lowest BCUT2D eigenvalue weighted by Crippen LogP contribution is -2.30. The van der Waals surface area contributed by atoms with E-state index < -0.39 is 17.7 Å². The highest BCUT2D eigenvalue weighted by Crippen LogP contribution is 2.27. The van der Waals surface area contributed by atoms with Crippen LogP contribution in [0.25, 0.3) is 22.4 Å². The predicted molar refractivity (Wildman–Crippen MR) is 152 cm³/mol. The van der Waals surface area contributed by atoms with Gasteiger partial charge in [-0.25, -0.2) is 19.6 Å². The Bertz CT molecular complexity index is 1560. The first-order valence-electron chi connectivity index (χ1n) is 13.3. The second kappa shape index (κ2) is 12.2. The van der Waals surface area contributed by atoms with Crippen molar-refractivity contribution < 1.29 is 24.5 Å². The standard InChI is InChI=1S/C28H34ClN7O5/c1-6-36-25(37)18(13-31-36)15-34(5)26(38)23-20-12-19(29)9-10-21(20)32-24(33-23)22-14-30-16-35(22)11-7-8-17(2)27(39)41-28(3,4)40/h9-10,12-14,16-17,37,40H,6-8,11,15H2,1-5H3. The molecule has 1 amide bonds. The average molecular weight is 584 g/mol. The molecule has 0 aliphatic rings. The van der Waals surface area contributed by atoms with E-state index in [1.54, 1.807) is 44.7 Å². The third-order valence-corrected chi connectivity index (χ3v) is 6.76. The summed E-state index contributed by atoms with van der Waals surface area (Å²) in [6.07, 6.45) is 5.95. The molecule has 3 aromatic heterocycles. The lowest BCUT2D eigenvalue weighted by Gasteiger charge is -2.21. The van der Waals surface area contributed by atoms with Crippen LogP contribution >= 0.6 is 11.6 Å². The van der Waals surface area contributed by atoms with E-state index in [4.69, 9.17) is 16.3 Å². The third kappa shape index (κ3) is 7.01. The van der Waals surface area contributed by atoms with Gasteiger partial charge in [0.1, 0.15) is 11.4 Å². The molecule has 0 aliphatic heterocycles. The molecule has 3 heterocycles. The summed E-state index contributed by atoms with van der Waals surface area (Å²) in [7, 11) is 1.62. The first-order valence-corrected chi connectivity index (χ1v) is 13.7. The second-order valence-corrected chi connectivity index (χ2v) is 10.8. The summed E-state index contributed by atoms with van der Waals surface area (Å²) in [5.74, 6) is -2.46. The molecule has 218 valence electrons. The minimum atomic E-state index is -1.53. The molecule has 1 unspecified atom stereocenters. The normalized spacial score (nSPS) is 12.5. The molecule has 0 aliphatic carbocycles. The molecule has 0 bridgehead atoms. The molecule has 1 aromatic carbocycles. The summed E-state index contributed by atoms with van der Waals surface area (Å²) in [5.41, 5.74) is 1.81. The molecule has 12 nitrogen and oxygen atoms in total. The Balaban J connectivity index is 1.59. The number of nitrogens with zero attached hydrogens (tertiary/aromatic N) is 7. The number of amides is 1. The Morgan fingerprint density at radius 1 is 1.22 bits per heavy atom. The van der Waals surface area contributed by atoms with E-state index >= 15 is 0 Å². The van der Waals surface area contributed by atoms with Crippen molar-refractivity contribution >= 4 is 34.4 Å². The van der Waals surface area contributed by atoms with Gasteiger partial charge in [0.25, 0.3) is 5.91 Å². The number of ether oxygens (including phenoxy) is 1. The number of aliphatic hydroxyl groups is 1. The number of hydrogen-bond donors (Lipinski definition) is 2. The largest absolute Gasteiger partial charge is 0.493 e. The van der Waals surface area contributed by atoms with Crippen LogP contribution < -0.4 is 0 Å². The quantitative estimate of drug-likeness (QED) is 0.197. The number of rotatable bonds is 11. The van der Waals surface area contributed by atoms with Crippen LogP contribution in [-0.2, 0) is 29.2 Å². The molecular formula is C28H34ClN7O5. The number of aryl methyl sites for hydroxylation is 2. The Hall–Kier alpha value is -4.03. The molecule has 0 fully saturated rings. The number of hydrogen-bond acceptors (Lipinski definition) is 9. The lowest BCUT2D eigenvalue weighted by atomic mass is 10.1. The van der Waals surface area contributed by atoms with E-state index in [2.05, 4.69) is 20.1 Å². The van der Waals surface area contributed by atoms with Crippen LogP contribution in [0.3, 0.4) is 0 Å². The van der Waals surface area contributed by atoms with Gasteiger partial charge in [-0.3, -0.25) is 9.59 Å². The van der Waals surface area contributed by atoms with Gasteiger partial charge in [0.2, 0.25) is 11.7 Å². The summed E-state index contributed by atoms with van der Waals surface area (Å²) in [4.78, 5) is 41.0. The molecule has 2 N–H and O–H groups in total. The molecule has 0 radical (unpaired) electrons. The number of aromatic nitrogens is 6. The maximum atomic E-state index is 13.7. The van der Waals surface area contributed by atoms with Gasteiger partial charge in [-0.1, -0.05) is 18.5 Å². The van der Waals surface area contributed by atoms with E-state index in [-0.39, 0.29) is 24.0 Å². The van der Waals surface area contributed by atoms with Gasteiger partial charge in [0.15, 0.2) is 5.82 Å². The van der Waals surface area contributed by atoms with Crippen molar-refractivity contribution in [3.05, 3.63) is 53.2 Å². The maximum Gasteiger partial charge on any atom is 0.311 e. The van der Waals surface area contributed by atoms with Gasteiger partial charge < -0.3 is 24.4 Å². The number of esters is 1. The SMILES string of the molecule is CCn1ncc(CN(C)C(=O)c2nc(-c3cncn3CCCC(C)C(=O)OC(C)(C)O)nc3ccc(Cl)cc23)c1O. The molecule has 1 atom stereocenters. The van der Waals surface area contributed by atoms with Gasteiger partial charge in [0, 0.05) is 44.4 Å². The highest BCUT2D eigenvalue weighted by molar-refractivity contribution is 6.31. The van der Waals surface area contributed by atoms with Crippen molar-refractivity contribution in [1.82, 2.24) is 34.2 Å². The fraction of sp³-hybridized carbons (Fsp3) is 0.429. The summed E-state index contributed by atoms with van der Waals surface area (Å²) >= 11 is 6.26. The fourth-order valence-corrected chi connectivity index (χ4v) is 4.54. The van der Waals surface area contributed by atoms with E-state index in [1.807, 2.05) is 11.5 Å². The van der Waals surface area contributed by atoms with Gasteiger partial charge in [0.05, 0.1) is 42.3 Å². The van der Waals surface area contributed by atoms with Gasteiger partial charge in [-0.15, -0.1) is 0 Å². The topological polar surface area (TPSA) is 148 Å². The number of benzene rings is 1. The third-order valence-electron chi connectivity index (χ3n) is 6.53. The van der Waals surface area contributed by atoms with Crippen molar-refractivity contribution in [3.8, 4) is 17.4 Å². The Morgan fingerprint density at radius 2 is 1.98 bits per heavy atom. The molecule has 0 saturated heterocycles. The van der Waals surface area contributed by atoms with Crippen LogP contribution in [0, 0.1) is 5.92 Å². The molecular weight excluding hydrogens is 550 g/mol. The number of carbonyl (C=O) groups excluding carboxylic acids is 2. The number of imidazole rings is 1. The van der Waals surface area contributed by atoms with Gasteiger partial charge in [-0.05, 0) is 38.0 Å². The molecule has 0 spiro atoms. The summed E-state index contributed by atoms with van der Waals surface area (Å²) < 4.78 is 8.36. The summed E-state index contributed by atoms with van der Waals surface area (Å²) in [6, 6.07) is 5.08. The van der Waals surface area contributed by atoms with Crippen LogP contribution in [0.2, 0.25) is 5.02 Å². The Kier molecular flexibility index (Phi) is 8.93. The Labute approximate surface area is 242 Å². The van der Waals surface area contributed by atoms with Crippen LogP contribution in [0.1, 0.15) is 56.6 Å². The van der Waals surface area contributed by atoms with Crippen LogP contribution in [0.15, 0.2) is 36.9 Å². The van der Waals surface area contributed by atoms with Crippen LogP contribution in [-0.4, -0.2) is 69.1 Å². The number of carbonyl (C=O) groups is 2. The molecule has 0 saturated carbocycles. The summed E-state index contributed by atoms with van der Waals surface area (Å²) in [6.45, 7) is 7.57. The highest BCUT2D eigenvalue weighted by atomic mass is 35.5. The smallest absolute Gasteiger partial charge is 0.311 e. The maximum absolute atomic E-state index is 13.7. The van der Waals surface area contributed by atoms with E-state index in [9.17, 15) is 19.8 Å². The van der Waals surface area contributed by atoms with Crippen molar-refractivity contribution in [1.29, 1.82) is 0 Å². The molecule has 13 heteroatoms. The minimum absolute atomic E-state index is 0.00924. The number of halogens is 1. The van der Waals surface area contributed by atoms with Gasteiger partial charge in [-0.2, -0.15) is 5.10 Å². The first kappa shape index (κ1) is 29.9. The predicted octanol–water partition coefficient (Wildman–Crippen LogP) is 4.03. The zero-order valence-electron chi connectivity index (χ0n) is 23.7. The van der Waals surface area contributed by atoms with E-state index in [0.29, 0.717) is 58.9 Å². The molecule has 4 rings (SSSR count). The first-order chi connectivity index (χ1) is 19.4. The molecule has 4 aromatic rings. The van der Waals surface area contributed by atoms with Crippen molar-refractivity contribution in [2.24, 2.45) is 5.92 Å². The van der Waals surface area contributed by atoms with E-state index in [0.717, 1.165) is 0 Å². The molecule has 41 heavy (non-hydrogen) atoms. The van der Waals surface area contributed by atoms with Crippen LogP contribution in [0.5, 0.6) is 5.88 Å². The number of fused-ring (bicyclic) bond motifs is 1. The second-order valence-electron chi connectivity index (χ2n) is 10.4. The zero-order chi connectivity index (χ0) is 29.9. The van der Waals surface area contributed by atoms with E-state index in [1.165, 1.54) is 29.6 Å². The summed E-state index contributed by atoms with van der Waals surface area (Å²) in [5, 5.41) is 25.2. The van der Waals surface area contributed by atoms with Crippen LogP contribution in [0.4, 0.5) is 0 Å². The lowest BCUT2D eigenvalue weighted by molar-refractivity contribution is -0.199.